The topological polar surface area (TPSA) is 83.6 Å². The molecule has 16 heavy (non-hydrogen) atoms. The van der Waals surface area contributed by atoms with Crippen molar-refractivity contribution >= 4 is 11.9 Å². The number of hydrogen-bond acceptors (Lipinski definition) is 3. The van der Waals surface area contributed by atoms with Crippen LogP contribution in [0.15, 0.2) is 0 Å². The van der Waals surface area contributed by atoms with Crippen molar-refractivity contribution in [2.24, 2.45) is 11.7 Å². The second-order valence-electron chi connectivity index (χ2n) is 4.37. The highest BCUT2D eigenvalue weighted by Gasteiger charge is 2.27. The van der Waals surface area contributed by atoms with Gasteiger partial charge in [-0.3, -0.25) is 9.59 Å². The molecule has 1 heterocycles. The maximum atomic E-state index is 11.7. The molecule has 1 atom stereocenters. The van der Waals surface area contributed by atoms with E-state index in [0.717, 1.165) is 6.42 Å². The van der Waals surface area contributed by atoms with Gasteiger partial charge in [0.15, 0.2) is 0 Å². The minimum Gasteiger partial charge on any atom is -0.481 e. The van der Waals surface area contributed by atoms with Crippen LogP contribution in [-0.2, 0) is 9.59 Å². The lowest BCUT2D eigenvalue weighted by atomic mass is 9.96. The van der Waals surface area contributed by atoms with Crippen LogP contribution in [0.3, 0.4) is 0 Å². The molecule has 92 valence electrons. The van der Waals surface area contributed by atoms with Crippen LogP contribution >= 0.6 is 0 Å². The quantitative estimate of drug-likeness (QED) is 0.731. The third kappa shape index (κ3) is 3.48. The number of nitrogens with zero attached hydrogens (tertiary/aromatic N) is 1. The van der Waals surface area contributed by atoms with Crippen LogP contribution in [0.5, 0.6) is 0 Å². The van der Waals surface area contributed by atoms with Crippen molar-refractivity contribution in [3.63, 3.8) is 0 Å². The smallest absolute Gasteiger partial charge is 0.306 e. The second kappa shape index (κ2) is 5.84. The number of piperidine rings is 1. The molecule has 1 saturated heterocycles. The average molecular weight is 228 g/mol. The molecule has 1 rings (SSSR count). The van der Waals surface area contributed by atoms with Crippen molar-refractivity contribution in [2.45, 2.75) is 38.6 Å². The predicted molar refractivity (Wildman–Crippen MR) is 59.8 cm³/mol. The molecule has 1 amide bonds. The Morgan fingerprint density at radius 2 is 2.00 bits per heavy atom. The number of carboxylic acid groups (broad SMARTS) is 1. The molecule has 0 aliphatic carbocycles. The summed E-state index contributed by atoms with van der Waals surface area (Å²) in [5, 5.41) is 8.82. The van der Waals surface area contributed by atoms with E-state index in [1.807, 2.05) is 6.92 Å². The number of rotatable bonds is 4. The van der Waals surface area contributed by atoms with Gasteiger partial charge in [-0.15, -0.1) is 0 Å². The summed E-state index contributed by atoms with van der Waals surface area (Å²) in [5.41, 5.74) is 5.71. The fourth-order valence-corrected chi connectivity index (χ4v) is 1.87. The van der Waals surface area contributed by atoms with E-state index in [2.05, 4.69) is 0 Å². The summed E-state index contributed by atoms with van der Waals surface area (Å²) in [6, 6.07) is -0.0790. The Balaban J connectivity index is 2.36. The number of amides is 1. The molecule has 0 aromatic heterocycles. The van der Waals surface area contributed by atoms with E-state index >= 15 is 0 Å². The lowest BCUT2D eigenvalue weighted by molar-refractivity contribution is -0.145. The molecule has 0 radical (unpaired) electrons. The number of carbonyl (C=O) groups excluding carboxylic acids is 1. The number of carboxylic acids is 1. The van der Waals surface area contributed by atoms with Gasteiger partial charge in [0, 0.05) is 25.6 Å². The third-order valence-corrected chi connectivity index (χ3v) is 3.16. The molecule has 0 bridgehead atoms. The van der Waals surface area contributed by atoms with Gasteiger partial charge in [0.1, 0.15) is 0 Å². The van der Waals surface area contributed by atoms with Crippen LogP contribution in [0.25, 0.3) is 0 Å². The number of likely N-dealkylation sites (tertiary alicyclic amines) is 1. The Bertz CT molecular complexity index is 260. The van der Waals surface area contributed by atoms with E-state index in [-0.39, 0.29) is 17.9 Å². The molecule has 1 fully saturated rings. The Morgan fingerprint density at radius 1 is 1.44 bits per heavy atom. The van der Waals surface area contributed by atoms with Crippen LogP contribution in [0.2, 0.25) is 0 Å². The first-order valence-corrected chi connectivity index (χ1v) is 5.80. The van der Waals surface area contributed by atoms with E-state index < -0.39 is 5.97 Å². The molecule has 0 spiro atoms. The van der Waals surface area contributed by atoms with Crippen molar-refractivity contribution in [2.75, 3.05) is 13.1 Å². The lowest BCUT2D eigenvalue weighted by Crippen LogP contribution is -2.42. The van der Waals surface area contributed by atoms with Gasteiger partial charge < -0.3 is 15.7 Å². The van der Waals surface area contributed by atoms with Crippen molar-refractivity contribution < 1.29 is 14.7 Å². The maximum Gasteiger partial charge on any atom is 0.306 e. The van der Waals surface area contributed by atoms with E-state index in [1.165, 1.54) is 0 Å². The van der Waals surface area contributed by atoms with E-state index in [9.17, 15) is 9.59 Å². The summed E-state index contributed by atoms with van der Waals surface area (Å²) in [4.78, 5) is 24.2. The van der Waals surface area contributed by atoms with Crippen LogP contribution in [0, 0.1) is 5.92 Å². The third-order valence-electron chi connectivity index (χ3n) is 3.16. The number of nitrogens with two attached hydrogens (primary N) is 1. The highest BCUT2D eigenvalue weighted by molar-refractivity contribution is 5.77. The molecule has 0 saturated carbocycles. The molecule has 0 aromatic carbocycles. The molecule has 0 aromatic rings. The van der Waals surface area contributed by atoms with Gasteiger partial charge in [-0.2, -0.15) is 0 Å². The van der Waals surface area contributed by atoms with Gasteiger partial charge in [0.2, 0.25) is 5.91 Å². The second-order valence-corrected chi connectivity index (χ2v) is 4.37. The van der Waals surface area contributed by atoms with Gasteiger partial charge in [-0.05, 0) is 19.3 Å². The van der Waals surface area contributed by atoms with E-state index in [1.54, 1.807) is 4.90 Å². The molecule has 5 heteroatoms. The first kappa shape index (κ1) is 13.0. The Morgan fingerprint density at radius 3 is 2.44 bits per heavy atom. The zero-order valence-corrected chi connectivity index (χ0v) is 9.69. The van der Waals surface area contributed by atoms with Gasteiger partial charge in [-0.1, -0.05) is 6.92 Å². The fourth-order valence-electron chi connectivity index (χ4n) is 1.87. The Hall–Kier alpha value is -1.10. The summed E-state index contributed by atoms with van der Waals surface area (Å²) in [7, 11) is 0. The minimum absolute atomic E-state index is 0.0539. The highest BCUT2D eigenvalue weighted by Crippen LogP contribution is 2.18. The van der Waals surface area contributed by atoms with Gasteiger partial charge >= 0.3 is 5.97 Å². The molecule has 1 aliphatic heterocycles. The van der Waals surface area contributed by atoms with E-state index in [0.29, 0.717) is 32.4 Å². The number of aliphatic carboxylic acids is 1. The normalized spacial score (nSPS) is 19.5. The first-order valence-electron chi connectivity index (χ1n) is 5.80. The highest BCUT2D eigenvalue weighted by atomic mass is 16.4. The standard InChI is InChI=1S/C11H20N2O3/c1-2-9(12)7-10(14)13-5-3-8(4-6-13)11(15)16/h8-9H,2-7,12H2,1H3,(H,15,16). The van der Waals surface area contributed by atoms with Crippen LogP contribution in [0.1, 0.15) is 32.6 Å². The van der Waals surface area contributed by atoms with Gasteiger partial charge in [-0.25, -0.2) is 0 Å². The Labute approximate surface area is 95.6 Å². The molecule has 1 unspecified atom stereocenters. The van der Waals surface area contributed by atoms with Crippen LogP contribution in [0.4, 0.5) is 0 Å². The molecule has 5 nitrogen and oxygen atoms in total. The lowest BCUT2D eigenvalue weighted by Gasteiger charge is -2.30. The SMILES string of the molecule is CCC(N)CC(=O)N1CCC(C(=O)O)CC1. The van der Waals surface area contributed by atoms with Crippen LogP contribution < -0.4 is 5.73 Å². The number of hydrogen-bond donors (Lipinski definition) is 2. The first-order chi connectivity index (χ1) is 7.54. The fraction of sp³-hybridized carbons (Fsp3) is 0.818. The van der Waals surface area contributed by atoms with Crippen molar-refractivity contribution in [1.82, 2.24) is 4.90 Å². The minimum atomic E-state index is -0.752. The van der Waals surface area contributed by atoms with Crippen LogP contribution in [-0.4, -0.2) is 41.0 Å². The summed E-state index contributed by atoms with van der Waals surface area (Å²) < 4.78 is 0. The molecule has 1 aliphatic rings. The van der Waals surface area contributed by atoms with Crippen molar-refractivity contribution in [3.8, 4) is 0 Å². The summed E-state index contributed by atoms with van der Waals surface area (Å²) in [6.45, 7) is 3.05. The molecule has 3 N–H and O–H groups in total. The van der Waals surface area contributed by atoms with E-state index in [4.69, 9.17) is 10.8 Å². The monoisotopic (exact) mass is 228 g/mol. The van der Waals surface area contributed by atoms with Crippen molar-refractivity contribution in [3.05, 3.63) is 0 Å². The summed E-state index contributed by atoms with van der Waals surface area (Å²) >= 11 is 0. The summed E-state index contributed by atoms with van der Waals surface area (Å²) in [5.74, 6) is -0.987. The van der Waals surface area contributed by atoms with Gasteiger partial charge in [0.25, 0.3) is 0 Å². The average Bonchev–Trinajstić information content (AvgIpc) is 2.28. The largest absolute Gasteiger partial charge is 0.481 e. The molecular weight excluding hydrogens is 208 g/mol. The van der Waals surface area contributed by atoms with Crippen molar-refractivity contribution in [1.29, 1.82) is 0 Å². The zero-order chi connectivity index (χ0) is 12.1. The number of carbonyl (C=O) groups is 2. The predicted octanol–water partition coefficient (Wildman–Crippen LogP) is 0.437. The van der Waals surface area contributed by atoms with Gasteiger partial charge in [0.05, 0.1) is 5.92 Å². The summed E-state index contributed by atoms with van der Waals surface area (Å²) in [6.07, 6.45) is 2.27. The molecular formula is C11H20N2O3. The maximum absolute atomic E-state index is 11.7. The Kier molecular flexibility index (Phi) is 4.73. The zero-order valence-electron chi connectivity index (χ0n) is 9.69.